The number of thioether (sulfide) groups is 1. The van der Waals surface area contributed by atoms with Gasteiger partial charge in [0, 0.05) is 19.1 Å². The van der Waals surface area contributed by atoms with Gasteiger partial charge in [-0.25, -0.2) is 4.39 Å². The fourth-order valence-corrected chi connectivity index (χ4v) is 6.33. The normalized spacial score (nSPS) is 17.6. The molecule has 1 aliphatic heterocycles. The molecule has 0 spiro atoms. The maximum Gasteiger partial charge on any atom is 0.233 e. The fourth-order valence-electron chi connectivity index (χ4n) is 5.42. The molecule has 1 saturated carbocycles. The first kappa shape index (κ1) is 24.0. The van der Waals surface area contributed by atoms with Crippen LogP contribution in [-0.2, 0) is 11.2 Å². The van der Waals surface area contributed by atoms with E-state index in [0.29, 0.717) is 23.1 Å². The molecule has 0 radical (unpaired) electrons. The molecule has 2 fully saturated rings. The Kier molecular flexibility index (Phi) is 7.82. The van der Waals surface area contributed by atoms with Crippen molar-refractivity contribution in [3.63, 3.8) is 0 Å². The smallest absolute Gasteiger partial charge is 0.233 e. The average Bonchev–Trinajstić information content (AvgIpc) is 3.33. The topological polar surface area (TPSA) is 51.0 Å². The predicted molar refractivity (Wildman–Crippen MR) is 138 cm³/mol. The van der Waals surface area contributed by atoms with E-state index in [4.69, 9.17) is 0 Å². The summed E-state index contributed by atoms with van der Waals surface area (Å²) in [7, 11) is 0. The summed E-state index contributed by atoms with van der Waals surface area (Å²) < 4.78 is 16.7. The number of rotatable bonds is 7. The highest BCUT2D eigenvalue weighted by Crippen LogP contribution is 2.36. The summed E-state index contributed by atoms with van der Waals surface area (Å²) in [6.07, 6.45) is 8.78. The third kappa shape index (κ3) is 5.77. The van der Waals surface area contributed by atoms with E-state index < -0.39 is 0 Å². The van der Waals surface area contributed by atoms with Crippen LogP contribution in [0, 0.1) is 11.7 Å². The van der Waals surface area contributed by atoms with Gasteiger partial charge in [-0.3, -0.25) is 9.36 Å². The van der Waals surface area contributed by atoms with Gasteiger partial charge in [-0.15, -0.1) is 10.2 Å². The van der Waals surface area contributed by atoms with E-state index in [2.05, 4.69) is 45.1 Å². The van der Waals surface area contributed by atoms with Crippen LogP contribution in [0.5, 0.6) is 0 Å². The zero-order chi connectivity index (χ0) is 24.0. The Hall–Kier alpha value is -2.67. The number of halogens is 1. The largest absolute Gasteiger partial charge is 0.342 e. The van der Waals surface area contributed by atoms with E-state index in [1.807, 2.05) is 11.0 Å². The molecular weight excluding hydrogens is 459 g/mol. The number of benzene rings is 2. The number of carbonyl (C=O) groups is 1. The number of aromatic nitrogens is 3. The lowest BCUT2D eigenvalue weighted by atomic mass is 9.90. The Labute approximate surface area is 211 Å². The van der Waals surface area contributed by atoms with Crippen molar-refractivity contribution in [2.45, 2.75) is 62.6 Å². The number of nitrogens with zero attached hydrogens (tertiary/aromatic N) is 4. The number of likely N-dealkylation sites (tertiary alicyclic amines) is 1. The number of hydrogen-bond donors (Lipinski definition) is 0. The maximum atomic E-state index is 14.6. The van der Waals surface area contributed by atoms with Gasteiger partial charge in [0.1, 0.15) is 5.82 Å². The molecule has 5 nitrogen and oxygen atoms in total. The summed E-state index contributed by atoms with van der Waals surface area (Å²) in [5.41, 5.74) is 1.85. The average molecular weight is 493 g/mol. The summed E-state index contributed by atoms with van der Waals surface area (Å²) in [6, 6.07) is 17.6. The zero-order valence-electron chi connectivity index (χ0n) is 20.1. The van der Waals surface area contributed by atoms with Crippen LogP contribution in [0.1, 0.15) is 56.6 Å². The second-order valence-corrected chi connectivity index (χ2v) is 10.7. The van der Waals surface area contributed by atoms with Gasteiger partial charge < -0.3 is 4.90 Å². The molecule has 0 atom stereocenters. The number of carbonyl (C=O) groups excluding carboxylic acids is 1. The predicted octanol–water partition coefficient (Wildman–Crippen LogP) is 6.16. The first-order valence-corrected chi connectivity index (χ1v) is 13.8. The van der Waals surface area contributed by atoms with Crippen molar-refractivity contribution in [2.75, 3.05) is 18.8 Å². The van der Waals surface area contributed by atoms with Gasteiger partial charge in [0.2, 0.25) is 5.91 Å². The van der Waals surface area contributed by atoms with Gasteiger partial charge in [-0.2, -0.15) is 0 Å². The molecule has 3 aromatic rings. The van der Waals surface area contributed by atoms with E-state index in [-0.39, 0.29) is 17.8 Å². The summed E-state index contributed by atoms with van der Waals surface area (Å²) in [4.78, 5) is 15.0. The van der Waals surface area contributed by atoms with Crippen LogP contribution >= 0.6 is 11.8 Å². The van der Waals surface area contributed by atoms with E-state index in [1.165, 1.54) is 29.8 Å². The number of piperidine rings is 1. The van der Waals surface area contributed by atoms with Crippen molar-refractivity contribution in [3.05, 3.63) is 66.0 Å². The summed E-state index contributed by atoms with van der Waals surface area (Å²) >= 11 is 1.44. The van der Waals surface area contributed by atoms with Crippen LogP contribution in [0.4, 0.5) is 4.39 Å². The monoisotopic (exact) mass is 492 g/mol. The molecule has 0 unspecified atom stereocenters. The van der Waals surface area contributed by atoms with Gasteiger partial charge in [-0.05, 0) is 55.7 Å². The highest BCUT2D eigenvalue weighted by atomic mass is 32.2. The highest BCUT2D eigenvalue weighted by Gasteiger charge is 2.27. The highest BCUT2D eigenvalue weighted by molar-refractivity contribution is 7.99. The Morgan fingerprint density at radius 1 is 0.914 bits per heavy atom. The molecule has 35 heavy (non-hydrogen) atoms. The second kappa shape index (κ2) is 11.4. The lowest BCUT2D eigenvalue weighted by Crippen LogP contribution is -2.39. The number of hydrogen-bond acceptors (Lipinski definition) is 4. The Morgan fingerprint density at radius 2 is 1.63 bits per heavy atom. The minimum absolute atomic E-state index is 0.152. The maximum absolute atomic E-state index is 14.6. The molecule has 7 heteroatoms. The molecule has 0 bridgehead atoms. The molecule has 184 valence electrons. The van der Waals surface area contributed by atoms with E-state index in [1.54, 1.807) is 12.1 Å². The zero-order valence-corrected chi connectivity index (χ0v) is 20.9. The third-order valence-corrected chi connectivity index (χ3v) is 8.31. The molecule has 1 saturated heterocycles. The SMILES string of the molecule is O=C(CSc1nnc(-c2ccccc2F)n1C1CCCCC1)N1CCC(Cc2ccccc2)CC1. The molecule has 1 amide bonds. The fraction of sp³-hybridized carbons (Fsp3) is 0.464. The molecule has 5 rings (SSSR count). The standard InChI is InChI=1S/C28H33FN4OS/c29-25-14-8-7-13-24(25)27-30-31-28(33(27)23-11-5-2-6-12-23)35-20-26(34)32-17-15-22(16-18-32)19-21-9-3-1-4-10-21/h1,3-4,7-10,13-14,22-23H,2,5-6,11-12,15-20H2. The van der Waals surface area contributed by atoms with Crippen LogP contribution in [0.15, 0.2) is 59.8 Å². The number of amides is 1. The Balaban J connectivity index is 1.23. The van der Waals surface area contributed by atoms with Gasteiger partial charge in [0.25, 0.3) is 0 Å². The van der Waals surface area contributed by atoms with Crippen LogP contribution < -0.4 is 0 Å². The minimum atomic E-state index is -0.289. The lowest BCUT2D eigenvalue weighted by molar-refractivity contribution is -0.129. The van der Waals surface area contributed by atoms with Crippen molar-refractivity contribution in [2.24, 2.45) is 5.92 Å². The van der Waals surface area contributed by atoms with Crippen LogP contribution in [0.3, 0.4) is 0 Å². The molecule has 1 aromatic heterocycles. The van der Waals surface area contributed by atoms with Crippen molar-refractivity contribution in [3.8, 4) is 11.4 Å². The minimum Gasteiger partial charge on any atom is -0.342 e. The quantitative estimate of drug-likeness (QED) is 0.371. The summed E-state index contributed by atoms with van der Waals surface area (Å²) in [6.45, 7) is 1.62. The Morgan fingerprint density at radius 3 is 2.37 bits per heavy atom. The summed E-state index contributed by atoms with van der Waals surface area (Å²) in [5, 5.41) is 9.54. The molecule has 2 heterocycles. The van der Waals surface area contributed by atoms with Gasteiger partial charge >= 0.3 is 0 Å². The second-order valence-electron chi connectivity index (χ2n) is 9.75. The third-order valence-electron chi connectivity index (χ3n) is 7.38. The van der Waals surface area contributed by atoms with Crippen molar-refractivity contribution < 1.29 is 9.18 Å². The van der Waals surface area contributed by atoms with E-state index >= 15 is 0 Å². The van der Waals surface area contributed by atoms with Gasteiger partial charge in [0.05, 0.1) is 11.3 Å². The van der Waals surface area contributed by atoms with E-state index in [0.717, 1.165) is 63.2 Å². The first-order valence-electron chi connectivity index (χ1n) is 12.8. The van der Waals surface area contributed by atoms with Gasteiger partial charge in [-0.1, -0.05) is 73.5 Å². The van der Waals surface area contributed by atoms with E-state index in [9.17, 15) is 9.18 Å². The molecule has 2 aromatic carbocycles. The molecular formula is C28H33FN4OS. The molecule has 2 aliphatic rings. The van der Waals surface area contributed by atoms with Crippen molar-refractivity contribution in [1.29, 1.82) is 0 Å². The summed E-state index contributed by atoms with van der Waals surface area (Å²) in [5.74, 6) is 1.41. The van der Waals surface area contributed by atoms with Crippen LogP contribution in [0.2, 0.25) is 0 Å². The van der Waals surface area contributed by atoms with Crippen molar-refractivity contribution in [1.82, 2.24) is 19.7 Å². The Bertz CT molecular complexity index is 1120. The van der Waals surface area contributed by atoms with Crippen LogP contribution in [0.25, 0.3) is 11.4 Å². The van der Waals surface area contributed by atoms with Crippen LogP contribution in [-0.4, -0.2) is 44.4 Å². The lowest BCUT2D eigenvalue weighted by Gasteiger charge is -2.32. The van der Waals surface area contributed by atoms with Gasteiger partial charge in [0.15, 0.2) is 11.0 Å². The first-order chi connectivity index (χ1) is 17.2. The van der Waals surface area contributed by atoms with Crippen molar-refractivity contribution >= 4 is 17.7 Å². The molecule has 1 aliphatic carbocycles. The molecule has 0 N–H and O–H groups in total.